The van der Waals surface area contributed by atoms with Gasteiger partial charge in [-0.25, -0.2) is 9.97 Å². The van der Waals surface area contributed by atoms with Gasteiger partial charge in [0.25, 0.3) is 5.91 Å². The number of nitrogens with one attached hydrogen (secondary N) is 2. The quantitative estimate of drug-likeness (QED) is 0.867. The van der Waals surface area contributed by atoms with Gasteiger partial charge < -0.3 is 10.6 Å². The standard InChI is InChI=1S/C18H23ClN4O/c1-12-10-15(16(24)23-18(2,3)4)22-17(21-12)20-9-8-13-6-5-7-14(19)11-13/h5-7,10-11H,8-9H2,1-4H3,(H,23,24)(H,20,21,22). The van der Waals surface area contributed by atoms with E-state index in [1.54, 1.807) is 6.07 Å². The van der Waals surface area contributed by atoms with Crippen molar-refractivity contribution in [2.24, 2.45) is 0 Å². The van der Waals surface area contributed by atoms with Crippen molar-refractivity contribution in [2.45, 2.75) is 39.7 Å². The number of aryl methyl sites for hydroxylation is 1. The molecule has 0 saturated carbocycles. The molecule has 0 aliphatic heterocycles. The van der Waals surface area contributed by atoms with Gasteiger partial charge in [-0.3, -0.25) is 4.79 Å². The van der Waals surface area contributed by atoms with Crippen molar-refractivity contribution in [1.82, 2.24) is 15.3 Å². The van der Waals surface area contributed by atoms with E-state index in [1.165, 1.54) is 0 Å². The van der Waals surface area contributed by atoms with E-state index in [2.05, 4.69) is 20.6 Å². The Labute approximate surface area is 147 Å². The second kappa shape index (κ2) is 7.62. The molecule has 0 aliphatic rings. The fourth-order valence-electron chi connectivity index (χ4n) is 2.18. The van der Waals surface area contributed by atoms with E-state index in [9.17, 15) is 4.79 Å². The molecule has 2 N–H and O–H groups in total. The van der Waals surface area contributed by atoms with Crippen molar-refractivity contribution in [3.63, 3.8) is 0 Å². The highest BCUT2D eigenvalue weighted by Gasteiger charge is 2.17. The van der Waals surface area contributed by atoms with Crippen LogP contribution in [-0.4, -0.2) is 28.0 Å². The van der Waals surface area contributed by atoms with Crippen LogP contribution in [0.25, 0.3) is 0 Å². The Balaban J connectivity index is 2.01. The van der Waals surface area contributed by atoms with Crippen molar-refractivity contribution in [3.05, 3.63) is 52.3 Å². The lowest BCUT2D eigenvalue weighted by atomic mass is 10.1. The summed E-state index contributed by atoms with van der Waals surface area (Å²) >= 11 is 5.98. The molecule has 2 rings (SSSR count). The van der Waals surface area contributed by atoms with Crippen LogP contribution in [0.15, 0.2) is 30.3 Å². The van der Waals surface area contributed by atoms with Crippen molar-refractivity contribution >= 4 is 23.5 Å². The summed E-state index contributed by atoms with van der Waals surface area (Å²) in [5, 5.41) is 6.80. The summed E-state index contributed by atoms with van der Waals surface area (Å²) in [7, 11) is 0. The fourth-order valence-corrected chi connectivity index (χ4v) is 2.39. The zero-order valence-corrected chi connectivity index (χ0v) is 15.2. The topological polar surface area (TPSA) is 66.9 Å². The Hall–Kier alpha value is -2.14. The van der Waals surface area contributed by atoms with Crippen LogP contribution in [0.5, 0.6) is 0 Å². The van der Waals surface area contributed by atoms with Crippen molar-refractivity contribution in [3.8, 4) is 0 Å². The van der Waals surface area contributed by atoms with E-state index in [0.717, 1.165) is 22.7 Å². The number of aromatic nitrogens is 2. The number of carbonyl (C=O) groups is 1. The molecule has 24 heavy (non-hydrogen) atoms. The minimum atomic E-state index is -0.309. The number of rotatable bonds is 5. The Bertz CT molecular complexity index is 725. The first-order valence-corrected chi connectivity index (χ1v) is 8.27. The zero-order valence-electron chi connectivity index (χ0n) is 14.5. The Kier molecular flexibility index (Phi) is 5.78. The lowest BCUT2D eigenvalue weighted by molar-refractivity contribution is 0.0914. The zero-order chi connectivity index (χ0) is 17.7. The Morgan fingerprint density at radius 2 is 1.96 bits per heavy atom. The molecule has 0 aliphatic carbocycles. The molecule has 0 radical (unpaired) electrons. The monoisotopic (exact) mass is 346 g/mol. The maximum Gasteiger partial charge on any atom is 0.270 e. The first kappa shape index (κ1) is 18.2. The van der Waals surface area contributed by atoms with Gasteiger partial charge in [-0.05, 0) is 57.9 Å². The van der Waals surface area contributed by atoms with Gasteiger partial charge in [0.2, 0.25) is 5.95 Å². The van der Waals surface area contributed by atoms with Crippen LogP contribution >= 0.6 is 11.6 Å². The highest BCUT2D eigenvalue weighted by Crippen LogP contribution is 2.12. The Morgan fingerprint density at radius 3 is 2.62 bits per heavy atom. The number of halogens is 1. The van der Waals surface area contributed by atoms with Gasteiger partial charge in [-0.2, -0.15) is 0 Å². The lowest BCUT2D eigenvalue weighted by Gasteiger charge is -2.20. The highest BCUT2D eigenvalue weighted by molar-refractivity contribution is 6.30. The molecule has 5 nitrogen and oxygen atoms in total. The van der Waals surface area contributed by atoms with Gasteiger partial charge in [0.15, 0.2) is 0 Å². The minimum Gasteiger partial charge on any atom is -0.354 e. The fraction of sp³-hybridized carbons (Fsp3) is 0.389. The van der Waals surface area contributed by atoms with Crippen LogP contribution in [0.2, 0.25) is 5.02 Å². The van der Waals surface area contributed by atoms with E-state index in [1.807, 2.05) is 52.0 Å². The van der Waals surface area contributed by atoms with Crippen molar-refractivity contribution in [1.29, 1.82) is 0 Å². The maximum atomic E-state index is 12.3. The molecule has 1 heterocycles. The number of hydrogen-bond acceptors (Lipinski definition) is 4. The SMILES string of the molecule is Cc1cc(C(=O)NC(C)(C)C)nc(NCCc2cccc(Cl)c2)n1. The van der Waals surface area contributed by atoms with Gasteiger partial charge in [-0.15, -0.1) is 0 Å². The highest BCUT2D eigenvalue weighted by atomic mass is 35.5. The van der Waals surface area contributed by atoms with Gasteiger partial charge in [0.05, 0.1) is 0 Å². The van der Waals surface area contributed by atoms with Crippen LogP contribution in [0.3, 0.4) is 0 Å². The first-order valence-electron chi connectivity index (χ1n) is 7.89. The average molecular weight is 347 g/mol. The van der Waals surface area contributed by atoms with Gasteiger partial charge >= 0.3 is 0 Å². The first-order chi connectivity index (χ1) is 11.2. The molecule has 2 aromatic rings. The summed E-state index contributed by atoms with van der Waals surface area (Å²) in [5.74, 6) is 0.252. The second-order valence-corrected chi connectivity index (χ2v) is 7.17. The number of carbonyl (C=O) groups excluding carboxylic acids is 1. The van der Waals surface area contributed by atoms with Crippen LogP contribution in [-0.2, 0) is 6.42 Å². The molecule has 128 valence electrons. The molecule has 0 bridgehead atoms. The summed E-state index contributed by atoms with van der Waals surface area (Å²) in [4.78, 5) is 20.9. The van der Waals surface area contributed by atoms with Gasteiger partial charge in [-0.1, -0.05) is 23.7 Å². The average Bonchev–Trinajstić information content (AvgIpc) is 2.45. The van der Waals surface area contributed by atoms with E-state index in [0.29, 0.717) is 18.2 Å². The molecule has 0 spiro atoms. The molecule has 1 amide bonds. The minimum absolute atomic E-state index is 0.203. The summed E-state index contributed by atoms with van der Waals surface area (Å²) in [6, 6.07) is 9.41. The van der Waals surface area contributed by atoms with Gasteiger partial charge in [0, 0.05) is 22.8 Å². The van der Waals surface area contributed by atoms with Crippen LogP contribution in [0.1, 0.15) is 42.5 Å². The summed E-state index contributed by atoms with van der Waals surface area (Å²) in [6.45, 7) is 8.30. The number of benzene rings is 1. The molecule has 0 unspecified atom stereocenters. The largest absolute Gasteiger partial charge is 0.354 e. The number of amides is 1. The number of anilines is 1. The van der Waals surface area contributed by atoms with E-state index < -0.39 is 0 Å². The molecule has 0 fully saturated rings. The van der Waals surface area contributed by atoms with Crippen LogP contribution in [0, 0.1) is 6.92 Å². The van der Waals surface area contributed by atoms with E-state index in [-0.39, 0.29) is 11.4 Å². The molecular formula is C18H23ClN4O. The predicted molar refractivity (Wildman–Crippen MR) is 97.6 cm³/mol. The van der Waals surface area contributed by atoms with Crippen molar-refractivity contribution < 1.29 is 4.79 Å². The van der Waals surface area contributed by atoms with Crippen molar-refractivity contribution in [2.75, 3.05) is 11.9 Å². The number of nitrogens with zero attached hydrogens (tertiary/aromatic N) is 2. The Morgan fingerprint density at radius 1 is 1.21 bits per heavy atom. The summed E-state index contributed by atoms with van der Waals surface area (Å²) in [5.41, 5.74) is 1.93. The maximum absolute atomic E-state index is 12.3. The third kappa shape index (κ3) is 5.81. The smallest absolute Gasteiger partial charge is 0.270 e. The third-order valence-corrected chi connectivity index (χ3v) is 3.40. The lowest BCUT2D eigenvalue weighted by Crippen LogP contribution is -2.41. The molecular weight excluding hydrogens is 324 g/mol. The van der Waals surface area contributed by atoms with Gasteiger partial charge in [0.1, 0.15) is 5.69 Å². The van der Waals surface area contributed by atoms with E-state index in [4.69, 9.17) is 11.6 Å². The molecule has 1 aromatic heterocycles. The summed E-state index contributed by atoms with van der Waals surface area (Å²) < 4.78 is 0. The summed E-state index contributed by atoms with van der Waals surface area (Å²) in [6.07, 6.45) is 0.793. The predicted octanol–water partition coefficient (Wildman–Crippen LogP) is 3.62. The molecule has 0 saturated heterocycles. The molecule has 1 aromatic carbocycles. The van der Waals surface area contributed by atoms with E-state index >= 15 is 0 Å². The molecule has 6 heteroatoms. The molecule has 0 atom stereocenters. The normalized spacial score (nSPS) is 11.2. The van der Waals surface area contributed by atoms with Crippen LogP contribution in [0.4, 0.5) is 5.95 Å². The third-order valence-electron chi connectivity index (χ3n) is 3.16. The second-order valence-electron chi connectivity index (χ2n) is 6.73. The van der Waals surface area contributed by atoms with Crippen LogP contribution < -0.4 is 10.6 Å². The number of hydrogen-bond donors (Lipinski definition) is 2.